The molecule has 0 radical (unpaired) electrons. The fraction of sp³-hybridized carbons (Fsp3) is 0.520. The molecule has 1 N–H and O–H groups in total. The first-order valence-electron chi connectivity index (χ1n) is 11.9. The predicted octanol–water partition coefficient (Wildman–Crippen LogP) is 4.28. The van der Waals surface area contributed by atoms with E-state index in [0.717, 1.165) is 4.90 Å². The second-order valence-electron chi connectivity index (χ2n) is 9.86. The molecule has 4 amide bonds. The van der Waals surface area contributed by atoms with Crippen molar-refractivity contribution >= 4 is 78.7 Å². The number of amides is 4. The van der Waals surface area contributed by atoms with E-state index in [-0.39, 0.29) is 47.2 Å². The Bertz CT molecular complexity index is 1270. The Kier molecular flexibility index (Phi) is 6.74. The number of alkyl halides is 3. The number of phenols is 1. The molecule has 6 atom stereocenters. The molecule has 6 unspecified atom stereocenters. The molecule has 2 aliphatic heterocycles. The average Bonchev–Trinajstić information content (AvgIpc) is 3.19. The number of benzene rings is 1. The molecular formula is C25H24Br2Cl2N2O6. The molecule has 0 aromatic heterocycles. The summed E-state index contributed by atoms with van der Waals surface area (Å²) in [7, 11) is 1.39. The Morgan fingerprint density at radius 3 is 2.43 bits per heavy atom. The zero-order valence-electron chi connectivity index (χ0n) is 20.0. The van der Waals surface area contributed by atoms with Gasteiger partial charge in [-0.1, -0.05) is 50.4 Å². The Morgan fingerprint density at radius 2 is 1.81 bits per heavy atom. The molecule has 0 bridgehead atoms. The zero-order valence-corrected chi connectivity index (χ0v) is 24.7. The van der Waals surface area contributed by atoms with E-state index in [0.29, 0.717) is 23.0 Å². The molecule has 8 nitrogen and oxygen atoms in total. The standard InChI is InChI=1S/C25H24Br2Cl2N2O6/c1-3-6-30-20(33)13-5-4-12-15(17(13)21(30)34)9-24(28)22(35)31(10-26)23(36)25(24,29)18(12)14-7-11(27)8-16(37-2)19(14)32/h4,7-8,13,15,17-18,32H,3,5-6,9-10H2,1-2H3. The number of ether oxygens (including phenoxy) is 1. The number of allylic oxidation sites excluding steroid dienone is 2. The summed E-state index contributed by atoms with van der Waals surface area (Å²) in [5.41, 5.74) is 0.728. The summed E-state index contributed by atoms with van der Waals surface area (Å²) in [6.07, 6.45) is 2.63. The number of carbonyl (C=O) groups is 4. The first-order valence-corrected chi connectivity index (χ1v) is 14.6. The molecular weight excluding hydrogens is 655 g/mol. The molecule has 12 heteroatoms. The summed E-state index contributed by atoms with van der Waals surface area (Å²) in [4.78, 5) is 52.4. The molecule has 2 saturated heterocycles. The van der Waals surface area contributed by atoms with E-state index in [1.807, 2.05) is 13.0 Å². The van der Waals surface area contributed by atoms with Gasteiger partial charge in [0, 0.05) is 22.5 Å². The lowest BCUT2D eigenvalue weighted by Gasteiger charge is -2.50. The van der Waals surface area contributed by atoms with Gasteiger partial charge in [-0.05, 0) is 37.3 Å². The highest BCUT2D eigenvalue weighted by atomic mass is 79.9. The van der Waals surface area contributed by atoms with Crippen LogP contribution in [-0.4, -0.2) is 67.4 Å². The van der Waals surface area contributed by atoms with Gasteiger partial charge in [-0.3, -0.25) is 29.0 Å². The summed E-state index contributed by atoms with van der Waals surface area (Å²) in [6.45, 7) is 2.19. The van der Waals surface area contributed by atoms with Crippen LogP contribution in [0.25, 0.3) is 0 Å². The number of carbonyl (C=O) groups excluding carboxylic acids is 4. The number of methoxy groups -OCH3 is 1. The van der Waals surface area contributed by atoms with Crippen LogP contribution < -0.4 is 4.74 Å². The van der Waals surface area contributed by atoms with Crippen LogP contribution >= 0.6 is 55.1 Å². The predicted molar refractivity (Wildman–Crippen MR) is 143 cm³/mol. The van der Waals surface area contributed by atoms with Crippen molar-refractivity contribution in [1.29, 1.82) is 0 Å². The smallest absolute Gasteiger partial charge is 0.254 e. The number of phenolic OH excluding ortho intramolecular Hbond substituents is 1. The van der Waals surface area contributed by atoms with Crippen molar-refractivity contribution in [3.05, 3.63) is 33.8 Å². The lowest BCUT2D eigenvalue weighted by molar-refractivity contribution is -0.141. The Balaban J connectivity index is 1.76. The summed E-state index contributed by atoms with van der Waals surface area (Å²) >= 11 is 21.0. The first kappa shape index (κ1) is 27.0. The van der Waals surface area contributed by atoms with E-state index < -0.39 is 45.2 Å². The summed E-state index contributed by atoms with van der Waals surface area (Å²) in [6, 6.07) is 3.17. The maximum Gasteiger partial charge on any atom is 0.254 e. The van der Waals surface area contributed by atoms with Crippen LogP contribution in [0.3, 0.4) is 0 Å². The number of aromatic hydroxyl groups is 1. The van der Waals surface area contributed by atoms with Crippen molar-refractivity contribution in [3.8, 4) is 11.5 Å². The van der Waals surface area contributed by atoms with Gasteiger partial charge in [0.05, 0.1) is 24.4 Å². The minimum absolute atomic E-state index is 0.0967. The molecule has 37 heavy (non-hydrogen) atoms. The lowest BCUT2D eigenvalue weighted by atomic mass is 9.56. The molecule has 4 aliphatic rings. The van der Waals surface area contributed by atoms with Gasteiger partial charge in [-0.2, -0.15) is 0 Å². The van der Waals surface area contributed by atoms with Crippen LogP contribution in [0.15, 0.2) is 28.3 Å². The van der Waals surface area contributed by atoms with E-state index >= 15 is 0 Å². The summed E-state index contributed by atoms with van der Waals surface area (Å²) in [5.74, 6) is -5.06. The van der Waals surface area contributed by atoms with Crippen LogP contribution in [0, 0.1) is 17.8 Å². The Hall–Kier alpha value is -1.62. The molecule has 3 fully saturated rings. The third-order valence-electron chi connectivity index (χ3n) is 8.15. The molecule has 1 aromatic carbocycles. The van der Waals surface area contributed by atoms with Crippen LogP contribution in [0.4, 0.5) is 0 Å². The van der Waals surface area contributed by atoms with Gasteiger partial charge in [0.25, 0.3) is 11.8 Å². The SMILES string of the molecule is CCCN1C(=O)C2CC=C3C(CC4(Cl)C(=O)N(CBr)C(=O)C4(Cl)C3c3cc(Br)cc(OC)c3O)C2C1=O. The molecule has 5 rings (SSSR count). The number of nitrogens with zero attached hydrogens (tertiary/aromatic N) is 2. The number of fused-ring (bicyclic) bond motifs is 4. The van der Waals surface area contributed by atoms with Gasteiger partial charge in [0.15, 0.2) is 21.2 Å². The fourth-order valence-corrected chi connectivity index (χ4v) is 8.45. The second kappa shape index (κ2) is 9.24. The first-order chi connectivity index (χ1) is 17.5. The zero-order chi connectivity index (χ0) is 27.0. The van der Waals surface area contributed by atoms with Gasteiger partial charge >= 0.3 is 0 Å². The van der Waals surface area contributed by atoms with Crippen molar-refractivity contribution < 1.29 is 29.0 Å². The average molecular weight is 679 g/mol. The van der Waals surface area contributed by atoms with Crippen molar-refractivity contribution in [3.63, 3.8) is 0 Å². The quantitative estimate of drug-likeness (QED) is 0.216. The van der Waals surface area contributed by atoms with E-state index in [9.17, 15) is 24.3 Å². The number of imide groups is 2. The van der Waals surface area contributed by atoms with Crippen LogP contribution in [0.2, 0.25) is 0 Å². The van der Waals surface area contributed by atoms with Gasteiger partial charge in [-0.25, -0.2) is 0 Å². The molecule has 2 aliphatic carbocycles. The van der Waals surface area contributed by atoms with Crippen molar-refractivity contribution in [1.82, 2.24) is 9.80 Å². The molecule has 0 spiro atoms. The highest BCUT2D eigenvalue weighted by Gasteiger charge is 2.76. The number of hydrogen-bond acceptors (Lipinski definition) is 6. The topological polar surface area (TPSA) is 104 Å². The van der Waals surface area contributed by atoms with Gasteiger partial charge in [0.1, 0.15) is 0 Å². The highest BCUT2D eigenvalue weighted by Crippen LogP contribution is 2.66. The van der Waals surface area contributed by atoms with Crippen LogP contribution in [-0.2, 0) is 19.2 Å². The third kappa shape index (κ3) is 3.44. The normalized spacial score (nSPS) is 34.9. The van der Waals surface area contributed by atoms with E-state index in [2.05, 4.69) is 31.9 Å². The minimum atomic E-state index is -1.99. The maximum atomic E-state index is 13.8. The largest absolute Gasteiger partial charge is 0.504 e. The van der Waals surface area contributed by atoms with Crippen LogP contribution in [0.1, 0.15) is 37.7 Å². The number of hydrogen-bond donors (Lipinski definition) is 1. The number of halogens is 4. The van der Waals surface area contributed by atoms with Crippen molar-refractivity contribution in [2.24, 2.45) is 17.8 Å². The summed E-state index contributed by atoms with van der Waals surface area (Å²) < 4.78 is 5.89. The summed E-state index contributed by atoms with van der Waals surface area (Å²) in [5, 5.41) is 11.2. The minimum Gasteiger partial charge on any atom is -0.504 e. The second-order valence-corrected chi connectivity index (χ2v) is 12.5. The van der Waals surface area contributed by atoms with Gasteiger partial charge in [-0.15, -0.1) is 23.2 Å². The molecule has 2 heterocycles. The fourth-order valence-electron chi connectivity index (χ4n) is 6.58. The molecule has 198 valence electrons. The van der Waals surface area contributed by atoms with E-state index in [1.165, 1.54) is 12.0 Å². The van der Waals surface area contributed by atoms with Gasteiger partial charge < -0.3 is 9.84 Å². The Labute approximate surface area is 240 Å². The number of likely N-dealkylation sites (tertiary alicyclic amines) is 2. The highest BCUT2D eigenvalue weighted by molar-refractivity contribution is 9.10. The van der Waals surface area contributed by atoms with Crippen molar-refractivity contribution in [2.45, 2.75) is 41.9 Å². The maximum absolute atomic E-state index is 13.8. The lowest BCUT2D eigenvalue weighted by Crippen LogP contribution is -2.60. The number of rotatable bonds is 5. The van der Waals surface area contributed by atoms with E-state index in [1.54, 1.807) is 12.1 Å². The monoisotopic (exact) mass is 676 g/mol. The Morgan fingerprint density at radius 1 is 1.11 bits per heavy atom. The van der Waals surface area contributed by atoms with Crippen LogP contribution in [0.5, 0.6) is 11.5 Å². The van der Waals surface area contributed by atoms with E-state index in [4.69, 9.17) is 27.9 Å². The third-order valence-corrected chi connectivity index (χ3v) is 10.5. The molecule has 1 aromatic rings. The van der Waals surface area contributed by atoms with Crippen molar-refractivity contribution in [2.75, 3.05) is 19.1 Å². The molecule has 1 saturated carbocycles. The van der Waals surface area contributed by atoms with Gasteiger partial charge in [0.2, 0.25) is 11.8 Å².